The molecule has 0 radical (unpaired) electrons. The minimum Gasteiger partial charge on any atom is -0.545 e. The Hall–Kier alpha value is -2.70. The number of carbonyl (C=O) groups excluding carboxylic acids is 1. The first-order valence-corrected chi connectivity index (χ1v) is 9.55. The molecule has 0 N–H and O–H groups in total. The van der Waals surface area contributed by atoms with Gasteiger partial charge in [0.1, 0.15) is 23.2 Å². The number of hydrogen-bond donors (Lipinski definition) is 0. The molecule has 3 heteroatoms. The maximum Gasteiger partial charge on any atom is 0.137 e. The first-order valence-electron chi connectivity index (χ1n) is 7.69. The van der Waals surface area contributed by atoms with E-state index in [2.05, 4.69) is 36.4 Å². The summed E-state index contributed by atoms with van der Waals surface area (Å²) in [5.74, 6) is 0.643. The van der Waals surface area contributed by atoms with Gasteiger partial charge in [-0.15, -0.1) is 0 Å². The van der Waals surface area contributed by atoms with Crippen molar-refractivity contribution in [3.63, 3.8) is 0 Å². The van der Waals surface area contributed by atoms with Crippen LogP contribution in [0.15, 0.2) is 103 Å². The van der Waals surface area contributed by atoms with Crippen LogP contribution in [0.5, 0.6) is 0 Å². The first kappa shape index (κ1) is 16.2. The number of aliphatic carboxylic acids is 1. The van der Waals surface area contributed by atoms with Crippen LogP contribution in [0.3, 0.4) is 0 Å². The van der Waals surface area contributed by atoms with Crippen LogP contribution in [0.4, 0.5) is 0 Å². The lowest BCUT2D eigenvalue weighted by atomic mass is 10.4. The molecule has 0 aliphatic rings. The third-order valence-corrected chi connectivity index (χ3v) is 7.86. The molecular formula is C21H17O2P. The summed E-state index contributed by atoms with van der Waals surface area (Å²) in [4.78, 5) is 11.2. The van der Waals surface area contributed by atoms with Crippen LogP contribution in [0, 0.1) is 0 Å². The molecule has 0 aliphatic carbocycles. The van der Waals surface area contributed by atoms with Crippen LogP contribution in [0.25, 0.3) is 0 Å². The second-order valence-electron chi connectivity index (χ2n) is 5.36. The zero-order valence-electron chi connectivity index (χ0n) is 13.1. The zero-order valence-corrected chi connectivity index (χ0v) is 14.0. The van der Waals surface area contributed by atoms with Gasteiger partial charge in [-0.05, 0) is 42.5 Å². The molecule has 0 unspecified atom stereocenters. The van der Waals surface area contributed by atoms with E-state index >= 15 is 0 Å². The third-order valence-electron chi connectivity index (χ3n) is 3.92. The van der Waals surface area contributed by atoms with Gasteiger partial charge < -0.3 is 9.90 Å². The topological polar surface area (TPSA) is 40.1 Å². The monoisotopic (exact) mass is 332 g/mol. The molecular weight excluding hydrogens is 315 g/mol. The van der Waals surface area contributed by atoms with Crippen LogP contribution < -0.4 is 21.0 Å². The van der Waals surface area contributed by atoms with E-state index in [0.717, 1.165) is 15.9 Å². The summed E-state index contributed by atoms with van der Waals surface area (Å²) in [6, 6.07) is 30.2. The minimum absolute atomic E-state index is 1.11. The second-order valence-corrected chi connectivity index (χ2v) is 8.66. The number of benzene rings is 3. The number of rotatable bonds is 5. The van der Waals surface area contributed by atoms with E-state index in [1.165, 1.54) is 6.08 Å². The average Bonchev–Trinajstić information content (AvgIpc) is 2.65. The van der Waals surface area contributed by atoms with Crippen molar-refractivity contribution in [3.05, 3.63) is 103 Å². The van der Waals surface area contributed by atoms with Gasteiger partial charge in [0.2, 0.25) is 0 Å². The summed E-state index contributed by atoms with van der Waals surface area (Å²) in [5.41, 5.74) is 0. The number of carboxylic acids is 1. The molecule has 118 valence electrons. The normalized spacial score (nSPS) is 11.5. The van der Waals surface area contributed by atoms with E-state index in [-0.39, 0.29) is 0 Å². The summed E-state index contributed by atoms with van der Waals surface area (Å²) in [5, 5.41) is 14.5. The van der Waals surface area contributed by atoms with Gasteiger partial charge in [-0.2, -0.15) is 0 Å². The van der Waals surface area contributed by atoms with E-state index in [1.54, 1.807) is 0 Å². The summed E-state index contributed by atoms with van der Waals surface area (Å²) < 4.78 is 0. The van der Waals surface area contributed by atoms with E-state index in [1.807, 2.05) is 60.4 Å². The van der Waals surface area contributed by atoms with E-state index in [0.29, 0.717) is 0 Å². The molecule has 0 saturated carbocycles. The number of hydrogen-bond acceptors (Lipinski definition) is 2. The summed E-state index contributed by atoms with van der Waals surface area (Å²) in [7, 11) is -2.21. The van der Waals surface area contributed by atoms with E-state index in [4.69, 9.17) is 0 Å². The van der Waals surface area contributed by atoms with Gasteiger partial charge in [0.05, 0.1) is 11.8 Å². The average molecular weight is 332 g/mol. The molecule has 2 nitrogen and oxygen atoms in total. The molecule has 0 saturated heterocycles. The Morgan fingerprint density at radius 3 is 1.29 bits per heavy atom. The quantitative estimate of drug-likeness (QED) is 0.531. The minimum atomic E-state index is -2.21. The number of carboxylic acid groups (broad SMARTS) is 1. The van der Waals surface area contributed by atoms with E-state index in [9.17, 15) is 9.90 Å². The molecule has 0 aromatic heterocycles. The Balaban J connectivity index is 2.35. The van der Waals surface area contributed by atoms with Crippen molar-refractivity contribution in [3.8, 4) is 0 Å². The third kappa shape index (κ3) is 3.15. The van der Waals surface area contributed by atoms with Crippen molar-refractivity contribution in [2.24, 2.45) is 0 Å². The van der Waals surface area contributed by atoms with E-state index < -0.39 is 13.2 Å². The highest BCUT2D eigenvalue weighted by Gasteiger charge is 2.42. The number of carbonyl (C=O) groups is 1. The Kier molecular flexibility index (Phi) is 4.88. The fraction of sp³-hybridized carbons (Fsp3) is 0. The Bertz CT molecular complexity index is 731. The first-order chi connectivity index (χ1) is 11.7. The molecule has 0 fully saturated rings. The van der Waals surface area contributed by atoms with Gasteiger partial charge in [0.25, 0.3) is 0 Å². The standard InChI is InChI=1S/C21H17O2P/c22-21(23)16-17-24(18-10-4-1-5-11-18,19-12-6-2-7-13-19)20-14-8-3-9-15-20/h1-17H/b17-16-. The van der Waals surface area contributed by atoms with Crippen molar-refractivity contribution in [1.82, 2.24) is 0 Å². The van der Waals surface area contributed by atoms with Gasteiger partial charge in [0.15, 0.2) is 0 Å². The predicted molar refractivity (Wildman–Crippen MR) is 99.3 cm³/mol. The summed E-state index contributed by atoms with van der Waals surface area (Å²) in [6.45, 7) is 0. The Morgan fingerprint density at radius 1 is 0.667 bits per heavy atom. The molecule has 0 heterocycles. The predicted octanol–water partition coefficient (Wildman–Crippen LogP) is 2.24. The van der Waals surface area contributed by atoms with Gasteiger partial charge in [-0.25, -0.2) is 0 Å². The molecule has 0 spiro atoms. The Labute approximate surface area is 142 Å². The Morgan fingerprint density at radius 2 is 1.00 bits per heavy atom. The SMILES string of the molecule is O=C([O-])/C=C\[P+](c1ccccc1)(c1ccccc1)c1ccccc1. The lowest BCUT2D eigenvalue weighted by molar-refractivity contribution is -0.297. The highest BCUT2D eigenvalue weighted by molar-refractivity contribution is 7.98. The lowest BCUT2D eigenvalue weighted by Crippen LogP contribution is -2.30. The summed E-state index contributed by atoms with van der Waals surface area (Å²) in [6.07, 6.45) is 1.17. The molecule has 3 aromatic rings. The van der Waals surface area contributed by atoms with Crippen molar-refractivity contribution in [2.45, 2.75) is 0 Å². The molecule has 0 atom stereocenters. The van der Waals surface area contributed by atoms with Crippen molar-refractivity contribution in [1.29, 1.82) is 0 Å². The maximum atomic E-state index is 11.2. The van der Waals surface area contributed by atoms with Crippen molar-refractivity contribution < 1.29 is 9.90 Å². The zero-order chi connectivity index (χ0) is 16.8. The molecule has 24 heavy (non-hydrogen) atoms. The van der Waals surface area contributed by atoms with Crippen LogP contribution >= 0.6 is 7.26 Å². The molecule has 3 rings (SSSR count). The second kappa shape index (κ2) is 7.25. The fourth-order valence-corrected chi connectivity index (χ4v) is 6.55. The van der Waals surface area contributed by atoms with Crippen molar-refractivity contribution in [2.75, 3.05) is 0 Å². The molecule has 0 aliphatic heterocycles. The van der Waals surface area contributed by atoms with Gasteiger partial charge in [0, 0.05) is 0 Å². The van der Waals surface area contributed by atoms with Crippen LogP contribution in [0.2, 0.25) is 0 Å². The fourth-order valence-electron chi connectivity index (χ4n) is 2.87. The van der Waals surface area contributed by atoms with Gasteiger partial charge >= 0.3 is 0 Å². The highest BCUT2D eigenvalue weighted by atomic mass is 31.2. The van der Waals surface area contributed by atoms with Gasteiger partial charge in [-0.3, -0.25) is 0 Å². The van der Waals surface area contributed by atoms with Crippen LogP contribution in [-0.4, -0.2) is 5.97 Å². The summed E-state index contributed by atoms with van der Waals surface area (Å²) >= 11 is 0. The highest BCUT2D eigenvalue weighted by Crippen LogP contribution is 2.56. The van der Waals surface area contributed by atoms with Crippen LogP contribution in [-0.2, 0) is 4.79 Å². The van der Waals surface area contributed by atoms with Gasteiger partial charge in [-0.1, -0.05) is 54.6 Å². The van der Waals surface area contributed by atoms with Crippen molar-refractivity contribution >= 4 is 29.1 Å². The molecule has 3 aromatic carbocycles. The maximum absolute atomic E-state index is 11.2. The van der Waals surface area contributed by atoms with Crippen LogP contribution in [0.1, 0.15) is 0 Å². The molecule has 0 amide bonds. The molecule has 0 bridgehead atoms. The smallest absolute Gasteiger partial charge is 0.137 e. The largest absolute Gasteiger partial charge is 0.545 e. The lowest BCUT2D eigenvalue weighted by Gasteiger charge is -2.24.